The van der Waals surface area contributed by atoms with E-state index in [1.54, 1.807) is 0 Å². The molecule has 92 valence electrons. The molecule has 0 aliphatic heterocycles. The summed E-state index contributed by atoms with van der Waals surface area (Å²) in [5.74, 6) is 0.636. The van der Waals surface area contributed by atoms with E-state index >= 15 is 0 Å². The first-order chi connectivity index (χ1) is 8.20. The van der Waals surface area contributed by atoms with Gasteiger partial charge in [-0.05, 0) is 36.5 Å². The molecule has 0 heterocycles. The normalized spacial score (nSPS) is 16.8. The first-order valence-electron chi connectivity index (χ1n) is 5.86. The van der Waals surface area contributed by atoms with Crippen LogP contribution < -0.4 is 5.73 Å². The van der Waals surface area contributed by atoms with Crippen LogP contribution in [-0.2, 0) is 4.79 Å². The summed E-state index contributed by atoms with van der Waals surface area (Å²) in [5.41, 5.74) is 6.25. The Bertz CT molecular complexity index is 387. The largest absolute Gasteiger partial charge is 0.481 e. The lowest BCUT2D eigenvalue weighted by Gasteiger charge is -2.10. The molecule has 2 rings (SSSR count). The highest BCUT2D eigenvalue weighted by Gasteiger charge is 2.21. The quantitative estimate of drug-likeness (QED) is 0.762. The van der Waals surface area contributed by atoms with Crippen LogP contribution in [0.25, 0.3) is 0 Å². The zero-order valence-corrected chi connectivity index (χ0v) is 10.5. The molecular weight excluding hydrogens is 234 g/mol. The standard InChI is InChI=1S/C13H17NO2S/c14-7-12(13(15)16)10-3-5-11(6-4-10)17-8-9-1-2-9/h3-6,9,12H,1-2,7-8,14H2,(H,15,16). The van der Waals surface area contributed by atoms with Crippen molar-refractivity contribution >= 4 is 17.7 Å². The number of carboxylic acids is 1. The Balaban J connectivity index is 1.97. The molecule has 3 nitrogen and oxygen atoms in total. The molecule has 1 aromatic carbocycles. The molecule has 0 saturated heterocycles. The Labute approximate surface area is 105 Å². The Morgan fingerprint density at radius 1 is 1.41 bits per heavy atom. The highest BCUT2D eigenvalue weighted by Crippen LogP contribution is 2.35. The van der Waals surface area contributed by atoms with Gasteiger partial charge in [0, 0.05) is 17.2 Å². The predicted octanol–water partition coefficient (Wildman–Crippen LogP) is 2.32. The molecule has 1 aromatic rings. The molecule has 0 bridgehead atoms. The number of carbonyl (C=O) groups is 1. The van der Waals surface area contributed by atoms with Gasteiger partial charge < -0.3 is 10.8 Å². The number of hydrogen-bond acceptors (Lipinski definition) is 3. The van der Waals surface area contributed by atoms with Crippen LogP contribution in [0, 0.1) is 5.92 Å². The van der Waals surface area contributed by atoms with Gasteiger partial charge >= 0.3 is 5.97 Å². The van der Waals surface area contributed by atoms with Crippen LogP contribution in [0.15, 0.2) is 29.2 Å². The minimum atomic E-state index is -0.856. The molecule has 3 N–H and O–H groups in total. The maximum atomic E-state index is 11.0. The van der Waals surface area contributed by atoms with E-state index in [-0.39, 0.29) is 6.54 Å². The highest BCUT2D eigenvalue weighted by atomic mass is 32.2. The van der Waals surface area contributed by atoms with Crippen LogP contribution in [-0.4, -0.2) is 23.4 Å². The topological polar surface area (TPSA) is 63.3 Å². The van der Waals surface area contributed by atoms with Gasteiger partial charge in [0.15, 0.2) is 0 Å². The molecule has 0 amide bonds. The number of aliphatic carboxylic acids is 1. The molecule has 1 aliphatic rings. The Morgan fingerprint density at radius 3 is 2.53 bits per heavy atom. The van der Waals surface area contributed by atoms with Gasteiger partial charge in [0.2, 0.25) is 0 Å². The van der Waals surface area contributed by atoms with Gasteiger partial charge in [-0.3, -0.25) is 4.79 Å². The van der Waals surface area contributed by atoms with Crippen molar-refractivity contribution in [2.45, 2.75) is 23.7 Å². The van der Waals surface area contributed by atoms with E-state index in [4.69, 9.17) is 10.8 Å². The summed E-state index contributed by atoms with van der Waals surface area (Å²) in [7, 11) is 0. The van der Waals surface area contributed by atoms with Crippen LogP contribution in [0.5, 0.6) is 0 Å². The predicted molar refractivity (Wildman–Crippen MR) is 69.3 cm³/mol. The van der Waals surface area contributed by atoms with Gasteiger partial charge in [-0.1, -0.05) is 12.1 Å². The summed E-state index contributed by atoms with van der Waals surface area (Å²) in [6.07, 6.45) is 2.72. The molecule has 1 fully saturated rings. The summed E-state index contributed by atoms with van der Waals surface area (Å²) in [6, 6.07) is 7.74. The molecule has 1 aliphatic carbocycles. The lowest BCUT2D eigenvalue weighted by Crippen LogP contribution is -2.20. The van der Waals surface area contributed by atoms with Crippen molar-refractivity contribution in [3.8, 4) is 0 Å². The SMILES string of the molecule is NCC(C(=O)O)c1ccc(SCC2CC2)cc1. The van der Waals surface area contributed by atoms with Gasteiger partial charge in [0.1, 0.15) is 0 Å². The van der Waals surface area contributed by atoms with E-state index < -0.39 is 11.9 Å². The number of rotatable bonds is 6. The zero-order chi connectivity index (χ0) is 12.3. The van der Waals surface area contributed by atoms with Gasteiger partial charge in [-0.25, -0.2) is 0 Å². The smallest absolute Gasteiger partial charge is 0.312 e. The number of benzene rings is 1. The van der Waals surface area contributed by atoms with Crippen molar-refractivity contribution in [1.29, 1.82) is 0 Å². The van der Waals surface area contributed by atoms with Gasteiger partial charge in [0.25, 0.3) is 0 Å². The van der Waals surface area contributed by atoms with Crippen molar-refractivity contribution < 1.29 is 9.90 Å². The summed E-state index contributed by atoms with van der Waals surface area (Å²) >= 11 is 1.85. The molecule has 1 atom stereocenters. The van der Waals surface area contributed by atoms with Crippen molar-refractivity contribution in [3.63, 3.8) is 0 Å². The van der Waals surface area contributed by atoms with Crippen LogP contribution in [0.3, 0.4) is 0 Å². The molecule has 4 heteroatoms. The third kappa shape index (κ3) is 3.48. The minimum Gasteiger partial charge on any atom is -0.481 e. The number of carboxylic acid groups (broad SMARTS) is 1. The summed E-state index contributed by atoms with van der Waals surface area (Å²) in [5, 5.41) is 9.00. The molecule has 1 saturated carbocycles. The van der Waals surface area contributed by atoms with E-state index in [0.717, 1.165) is 11.5 Å². The second kappa shape index (κ2) is 5.56. The number of thioether (sulfide) groups is 1. The zero-order valence-electron chi connectivity index (χ0n) is 9.63. The van der Waals surface area contributed by atoms with Crippen LogP contribution in [0.1, 0.15) is 24.3 Å². The van der Waals surface area contributed by atoms with E-state index in [1.807, 2.05) is 36.0 Å². The highest BCUT2D eigenvalue weighted by molar-refractivity contribution is 7.99. The molecule has 0 radical (unpaired) electrons. The molecule has 1 unspecified atom stereocenters. The van der Waals surface area contributed by atoms with E-state index in [1.165, 1.54) is 23.5 Å². The van der Waals surface area contributed by atoms with E-state index in [0.29, 0.717) is 0 Å². The van der Waals surface area contributed by atoms with Crippen molar-refractivity contribution in [3.05, 3.63) is 29.8 Å². The van der Waals surface area contributed by atoms with Crippen LogP contribution in [0.2, 0.25) is 0 Å². The van der Waals surface area contributed by atoms with Gasteiger partial charge in [-0.2, -0.15) is 0 Å². The van der Waals surface area contributed by atoms with Gasteiger partial charge in [0.05, 0.1) is 5.92 Å². The fraction of sp³-hybridized carbons (Fsp3) is 0.462. The average Bonchev–Trinajstić information content (AvgIpc) is 3.12. The summed E-state index contributed by atoms with van der Waals surface area (Å²) < 4.78 is 0. The third-order valence-corrected chi connectivity index (χ3v) is 4.24. The summed E-state index contributed by atoms with van der Waals surface area (Å²) in [4.78, 5) is 12.2. The van der Waals surface area contributed by atoms with Crippen LogP contribution in [0.4, 0.5) is 0 Å². The van der Waals surface area contributed by atoms with Crippen LogP contribution >= 0.6 is 11.8 Å². The Hall–Kier alpha value is -1.00. The lowest BCUT2D eigenvalue weighted by atomic mass is 10.00. The Morgan fingerprint density at radius 2 is 2.06 bits per heavy atom. The number of hydrogen-bond donors (Lipinski definition) is 2. The maximum Gasteiger partial charge on any atom is 0.312 e. The summed E-state index contributed by atoms with van der Waals surface area (Å²) in [6.45, 7) is 0.143. The van der Waals surface area contributed by atoms with E-state index in [9.17, 15) is 4.79 Å². The average molecular weight is 251 g/mol. The first-order valence-corrected chi connectivity index (χ1v) is 6.85. The van der Waals surface area contributed by atoms with E-state index in [2.05, 4.69) is 0 Å². The number of nitrogens with two attached hydrogens (primary N) is 1. The van der Waals surface area contributed by atoms with Crippen molar-refractivity contribution in [1.82, 2.24) is 0 Å². The lowest BCUT2D eigenvalue weighted by molar-refractivity contribution is -0.138. The molecule has 0 aromatic heterocycles. The second-order valence-corrected chi connectivity index (χ2v) is 5.54. The fourth-order valence-corrected chi connectivity index (χ4v) is 2.76. The molecule has 0 spiro atoms. The Kier molecular flexibility index (Phi) is 4.07. The molecular formula is C13H17NO2S. The van der Waals surface area contributed by atoms with Crippen molar-refractivity contribution in [2.24, 2.45) is 11.7 Å². The first kappa shape index (κ1) is 12.5. The fourth-order valence-electron chi connectivity index (χ4n) is 1.67. The minimum absolute atomic E-state index is 0.143. The van der Waals surface area contributed by atoms with Crippen molar-refractivity contribution in [2.75, 3.05) is 12.3 Å². The monoisotopic (exact) mass is 251 g/mol. The second-order valence-electron chi connectivity index (χ2n) is 4.45. The maximum absolute atomic E-state index is 11.0. The van der Waals surface area contributed by atoms with Gasteiger partial charge in [-0.15, -0.1) is 11.8 Å². The molecule has 17 heavy (non-hydrogen) atoms. The third-order valence-electron chi connectivity index (χ3n) is 3.00.